The molecule has 1 atom stereocenters. The second-order valence-corrected chi connectivity index (χ2v) is 4.72. The van der Waals surface area contributed by atoms with Crippen LogP contribution in [0.1, 0.15) is 25.3 Å². The molecule has 0 saturated carbocycles. The number of para-hydroxylation sites is 1. The molecule has 1 unspecified atom stereocenters. The second kappa shape index (κ2) is 4.83. The predicted molar refractivity (Wildman–Crippen MR) is 73.0 cm³/mol. The zero-order valence-electron chi connectivity index (χ0n) is 9.65. The van der Waals surface area contributed by atoms with E-state index in [2.05, 4.69) is 36.1 Å². The van der Waals surface area contributed by atoms with E-state index in [4.69, 9.17) is 18.0 Å². The van der Waals surface area contributed by atoms with Crippen molar-refractivity contribution in [1.82, 2.24) is 0 Å². The maximum atomic E-state index is 5.82. The minimum Gasteiger partial charge on any atom is -0.392 e. The van der Waals surface area contributed by atoms with Crippen LogP contribution in [-0.2, 0) is 6.42 Å². The average Bonchev–Trinajstić information content (AvgIpc) is 2.30. The smallest absolute Gasteiger partial charge is 0.0955 e. The van der Waals surface area contributed by atoms with Gasteiger partial charge in [0.15, 0.2) is 0 Å². The van der Waals surface area contributed by atoms with E-state index in [9.17, 15) is 0 Å². The number of hydrogen-bond donors (Lipinski definition) is 1. The second-order valence-electron chi connectivity index (χ2n) is 4.25. The third-order valence-corrected chi connectivity index (χ3v) is 3.51. The summed E-state index contributed by atoms with van der Waals surface area (Å²) in [6.45, 7) is 3.20. The minimum atomic E-state index is 0.205. The van der Waals surface area contributed by atoms with Crippen LogP contribution >= 0.6 is 12.2 Å². The van der Waals surface area contributed by atoms with Gasteiger partial charge in [-0.3, -0.25) is 0 Å². The van der Waals surface area contributed by atoms with Crippen molar-refractivity contribution >= 4 is 22.9 Å². The lowest BCUT2D eigenvalue weighted by atomic mass is 9.99. The summed E-state index contributed by atoms with van der Waals surface area (Å²) in [7, 11) is 0. The third-order valence-electron chi connectivity index (χ3n) is 3.24. The molecule has 86 valence electrons. The normalized spacial score (nSPS) is 16.7. The highest BCUT2D eigenvalue weighted by Gasteiger charge is 2.24. The fourth-order valence-corrected chi connectivity index (χ4v) is 2.76. The fraction of sp³-hybridized carbons (Fsp3) is 0.462. The van der Waals surface area contributed by atoms with Gasteiger partial charge in [-0.1, -0.05) is 37.3 Å². The van der Waals surface area contributed by atoms with Crippen LogP contribution in [0.25, 0.3) is 0 Å². The summed E-state index contributed by atoms with van der Waals surface area (Å²) in [5.41, 5.74) is 8.56. The van der Waals surface area contributed by atoms with Gasteiger partial charge < -0.3 is 10.6 Å². The van der Waals surface area contributed by atoms with Gasteiger partial charge in [0.05, 0.1) is 11.0 Å². The van der Waals surface area contributed by atoms with E-state index in [1.165, 1.54) is 24.1 Å². The Morgan fingerprint density at radius 3 is 2.94 bits per heavy atom. The van der Waals surface area contributed by atoms with Crippen molar-refractivity contribution in [2.45, 2.75) is 32.2 Å². The molecule has 3 heteroatoms. The Morgan fingerprint density at radius 2 is 2.25 bits per heavy atom. The molecule has 0 bridgehead atoms. The monoisotopic (exact) mass is 234 g/mol. The molecule has 0 saturated heterocycles. The van der Waals surface area contributed by atoms with Crippen LogP contribution in [0.2, 0.25) is 0 Å². The van der Waals surface area contributed by atoms with Gasteiger partial charge in [-0.15, -0.1) is 0 Å². The van der Waals surface area contributed by atoms with Crippen LogP contribution in [0, 0.1) is 0 Å². The van der Waals surface area contributed by atoms with Crippen molar-refractivity contribution in [3.63, 3.8) is 0 Å². The Labute approximate surface area is 102 Å². The van der Waals surface area contributed by atoms with Crippen molar-refractivity contribution in [2.75, 3.05) is 11.4 Å². The first-order valence-electron chi connectivity index (χ1n) is 5.88. The van der Waals surface area contributed by atoms with Crippen molar-refractivity contribution in [1.29, 1.82) is 0 Å². The summed E-state index contributed by atoms with van der Waals surface area (Å²) in [5.74, 6) is 0. The Bertz CT molecular complexity index is 389. The van der Waals surface area contributed by atoms with Crippen molar-refractivity contribution in [3.8, 4) is 0 Å². The summed E-state index contributed by atoms with van der Waals surface area (Å²) in [6, 6.07) is 8.77. The molecular weight excluding hydrogens is 216 g/mol. The molecular formula is C13H18N2S. The van der Waals surface area contributed by atoms with Gasteiger partial charge in [0.25, 0.3) is 0 Å². The van der Waals surface area contributed by atoms with Crippen LogP contribution in [0.5, 0.6) is 0 Å². The summed E-state index contributed by atoms with van der Waals surface area (Å²) >= 11 is 5.16. The summed E-state index contributed by atoms with van der Waals surface area (Å²) < 4.78 is 0. The van der Waals surface area contributed by atoms with E-state index in [-0.39, 0.29) is 6.04 Å². The standard InChI is InChI=1S/C13H18N2S/c1-2-11(13(14)16)15-9-5-7-10-6-3-4-8-12(10)15/h3-4,6,8,11H,2,5,7,9H2,1H3,(H2,14,16). The topological polar surface area (TPSA) is 29.3 Å². The molecule has 1 heterocycles. The summed E-state index contributed by atoms with van der Waals surface area (Å²) in [4.78, 5) is 2.97. The quantitative estimate of drug-likeness (QED) is 0.815. The molecule has 0 radical (unpaired) electrons. The average molecular weight is 234 g/mol. The zero-order chi connectivity index (χ0) is 11.5. The molecule has 0 amide bonds. The van der Waals surface area contributed by atoms with Crippen molar-refractivity contribution < 1.29 is 0 Å². The molecule has 1 aliphatic heterocycles. The van der Waals surface area contributed by atoms with Gasteiger partial charge in [0.2, 0.25) is 0 Å². The Morgan fingerprint density at radius 1 is 1.50 bits per heavy atom. The van der Waals surface area contributed by atoms with Gasteiger partial charge in [0.1, 0.15) is 0 Å². The van der Waals surface area contributed by atoms with Crippen LogP contribution in [0.3, 0.4) is 0 Å². The number of aryl methyl sites for hydroxylation is 1. The van der Waals surface area contributed by atoms with Crippen LogP contribution < -0.4 is 10.6 Å². The third kappa shape index (κ3) is 2.05. The number of rotatable bonds is 3. The number of nitrogens with zero attached hydrogens (tertiary/aromatic N) is 1. The number of nitrogens with two attached hydrogens (primary N) is 1. The maximum absolute atomic E-state index is 5.82. The summed E-state index contributed by atoms with van der Waals surface area (Å²) in [5, 5.41) is 0. The molecule has 0 aliphatic carbocycles. The van der Waals surface area contributed by atoms with Crippen LogP contribution in [-0.4, -0.2) is 17.6 Å². The van der Waals surface area contributed by atoms with Crippen molar-refractivity contribution in [3.05, 3.63) is 29.8 Å². The highest BCUT2D eigenvalue weighted by atomic mass is 32.1. The predicted octanol–water partition coefficient (Wildman–Crippen LogP) is 2.50. The molecule has 2 rings (SSSR count). The lowest BCUT2D eigenvalue weighted by molar-refractivity contribution is 0.635. The van der Waals surface area contributed by atoms with Crippen LogP contribution in [0.4, 0.5) is 5.69 Å². The highest BCUT2D eigenvalue weighted by Crippen LogP contribution is 2.29. The number of benzene rings is 1. The first kappa shape index (κ1) is 11.4. The first-order chi connectivity index (χ1) is 7.74. The summed E-state index contributed by atoms with van der Waals surface area (Å²) in [6.07, 6.45) is 3.33. The van der Waals surface area contributed by atoms with Crippen molar-refractivity contribution in [2.24, 2.45) is 5.73 Å². The molecule has 1 aromatic rings. The highest BCUT2D eigenvalue weighted by molar-refractivity contribution is 7.80. The maximum Gasteiger partial charge on any atom is 0.0955 e. The Kier molecular flexibility index (Phi) is 3.44. The lowest BCUT2D eigenvalue weighted by Gasteiger charge is -2.37. The van der Waals surface area contributed by atoms with Gasteiger partial charge in [-0.25, -0.2) is 0 Å². The minimum absolute atomic E-state index is 0.205. The SMILES string of the molecule is CCC(C(N)=S)N1CCCc2ccccc21. The molecule has 1 aromatic carbocycles. The molecule has 2 N–H and O–H groups in total. The van der Waals surface area contributed by atoms with Gasteiger partial charge in [-0.05, 0) is 30.9 Å². The molecule has 0 aromatic heterocycles. The van der Waals surface area contributed by atoms with E-state index in [0.29, 0.717) is 4.99 Å². The molecule has 1 aliphatic rings. The largest absolute Gasteiger partial charge is 0.392 e. The Hall–Kier alpha value is -1.09. The van der Waals surface area contributed by atoms with E-state index < -0.39 is 0 Å². The van der Waals surface area contributed by atoms with E-state index in [1.54, 1.807) is 0 Å². The van der Waals surface area contributed by atoms with E-state index in [1.807, 2.05) is 0 Å². The van der Waals surface area contributed by atoms with Gasteiger partial charge in [0, 0.05) is 12.2 Å². The lowest BCUT2D eigenvalue weighted by Crippen LogP contribution is -2.46. The number of anilines is 1. The number of thiocarbonyl (C=S) groups is 1. The molecule has 0 spiro atoms. The van der Waals surface area contributed by atoms with Gasteiger partial charge >= 0.3 is 0 Å². The fourth-order valence-electron chi connectivity index (χ4n) is 2.46. The Balaban J connectivity index is 2.34. The van der Waals surface area contributed by atoms with Crippen LogP contribution in [0.15, 0.2) is 24.3 Å². The number of hydrogen-bond acceptors (Lipinski definition) is 2. The molecule has 2 nitrogen and oxygen atoms in total. The molecule has 0 fully saturated rings. The zero-order valence-corrected chi connectivity index (χ0v) is 10.5. The van der Waals surface area contributed by atoms with E-state index in [0.717, 1.165) is 13.0 Å². The van der Waals surface area contributed by atoms with E-state index >= 15 is 0 Å². The van der Waals surface area contributed by atoms with Gasteiger partial charge in [-0.2, -0.15) is 0 Å². The number of fused-ring (bicyclic) bond motifs is 1. The first-order valence-corrected chi connectivity index (χ1v) is 6.28. The molecule has 16 heavy (non-hydrogen) atoms.